The molecule has 0 aliphatic rings. The molecule has 0 spiro atoms. The van der Waals surface area contributed by atoms with Crippen LogP contribution in [0.5, 0.6) is 0 Å². The van der Waals surface area contributed by atoms with Crippen LogP contribution in [0.3, 0.4) is 0 Å². The van der Waals surface area contributed by atoms with Crippen LogP contribution >= 0.6 is 0 Å². The SMILES string of the molecule is CON=C(Cc1cccnc1)c1ccccc1. The Hall–Kier alpha value is -2.16. The molecule has 1 heterocycles. The van der Waals surface area contributed by atoms with Crippen LogP contribution in [-0.2, 0) is 11.3 Å². The van der Waals surface area contributed by atoms with Gasteiger partial charge in [-0.1, -0.05) is 41.6 Å². The molecule has 17 heavy (non-hydrogen) atoms. The van der Waals surface area contributed by atoms with E-state index in [4.69, 9.17) is 4.84 Å². The molecule has 0 amide bonds. The summed E-state index contributed by atoms with van der Waals surface area (Å²) in [6.45, 7) is 0. The molecular formula is C14H14N2O. The molecule has 86 valence electrons. The summed E-state index contributed by atoms with van der Waals surface area (Å²) >= 11 is 0. The molecule has 0 aliphatic carbocycles. The van der Waals surface area contributed by atoms with Gasteiger partial charge in [0, 0.05) is 18.8 Å². The van der Waals surface area contributed by atoms with Crippen molar-refractivity contribution in [1.82, 2.24) is 4.98 Å². The summed E-state index contributed by atoms with van der Waals surface area (Å²) in [5, 5.41) is 4.08. The number of oxime groups is 1. The van der Waals surface area contributed by atoms with Crippen LogP contribution in [-0.4, -0.2) is 17.8 Å². The highest BCUT2D eigenvalue weighted by Crippen LogP contribution is 2.08. The maximum atomic E-state index is 4.90. The lowest BCUT2D eigenvalue weighted by atomic mass is 10.0. The van der Waals surface area contributed by atoms with Gasteiger partial charge in [0.05, 0.1) is 5.71 Å². The predicted octanol–water partition coefficient (Wildman–Crippen LogP) is 2.67. The normalized spacial score (nSPS) is 11.2. The van der Waals surface area contributed by atoms with Crippen LogP contribution in [0.25, 0.3) is 0 Å². The zero-order valence-electron chi connectivity index (χ0n) is 9.71. The summed E-state index contributed by atoms with van der Waals surface area (Å²) in [5.41, 5.74) is 3.09. The first-order valence-electron chi connectivity index (χ1n) is 5.44. The van der Waals surface area contributed by atoms with E-state index in [1.807, 2.05) is 48.7 Å². The zero-order valence-corrected chi connectivity index (χ0v) is 9.71. The van der Waals surface area contributed by atoms with E-state index in [2.05, 4.69) is 10.1 Å². The van der Waals surface area contributed by atoms with E-state index in [9.17, 15) is 0 Å². The largest absolute Gasteiger partial charge is 0.399 e. The van der Waals surface area contributed by atoms with E-state index in [0.29, 0.717) is 6.42 Å². The lowest BCUT2D eigenvalue weighted by Crippen LogP contribution is -2.06. The van der Waals surface area contributed by atoms with Crippen molar-refractivity contribution < 1.29 is 4.84 Å². The molecule has 0 fully saturated rings. The Balaban J connectivity index is 2.23. The van der Waals surface area contributed by atoms with Crippen molar-refractivity contribution in [3.63, 3.8) is 0 Å². The van der Waals surface area contributed by atoms with Gasteiger partial charge >= 0.3 is 0 Å². The molecule has 1 aromatic carbocycles. The molecule has 0 N–H and O–H groups in total. The van der Waals surface area contributed by atoms with Crippen LogP contribution in [0.15, 0.2) is 60.0 Å². The second kappa shape index (κ2) is 5.80. The summed E-state index contributed by atoms with van der Waals surface area (Å²) in [5.74, 6) is 0. The standard InChI is InChI=1S/C14H14N2O/c1-17-16-14(13-7-3-2-4-8-13)10-12-6-5-9-15-11-12/h2-9,11H,10H2,1H3. The van der Waals surface area contributed by atoms with Gasteiger partial charge in [0.25, 0.3) is 0 Å². The van der Waals surface area contributed by atoms with Gasteiger partial charge in [0.2, 0.25) is 0 Å². The quantitative estimate of drug-likeness (QED) is 0.593. The molecule has 0 unspecified atom stereocenters. The summed E-state index contributed by atoms with van der Waals surface area (Å²) in [7, 11) is 1.56. The number of benzene rings is 1. The van der Waals surface area contributed by atoms with Gasteiger partial charge in [-0.05, 0) is 17.2 Å². The first-order chi connectivity index (χ1) is 8.40. The van der Waals surface area contributed by atoms with Crippen LogP contribution in [0.1, 0.15) is 11.1 Å². The second-order valence-corrected chi connectivity index (χ2v) is 3.62. The minimum atomic E-state index is 0.714. The van der Waals surface area contributed by atoms with Crippen molar-refractivity contribution in [2.24, 2.45) is 5.16 Å². The smallest absolute Gasteiger partial charge is 0.106 e. The third-order valence-corrected chi connectivity index (χ3v) is 2.40. The van der Waals surface area contributed by atoms with Crippen LogP contribution in [0.2, 0.25) is 0 Å². The monoisotopic (exact) mass is 226 g/mol. The number of nitrogens with zero attached hydrogens (tertiary/aromatic N) is 2. The summed E-state index contributed by atoms with van der Waals surface area (Å²) in [6.07, 6.45) is 4.32. The number of rotatable bonds is 4. The van der Waals surface area contributed by atoms with Gasteiger partial charge in [-0.3, -0.25) is 4.98 Å². The predicted molar refractivity (Wildman–Crippen MR) is 67.9 cm³/mol. The number of aromatic nitrogens is 1. The minimum Gasteiger partial charge on any atom is -0.399 e. The van der Waals surface area contributed by atoms with E-state index in [1.54, 1.807) is 13.3 Å². The van der Waals surface area contributed by atoms with Crippen LogP contribution < -0.4 is 0 Å². The van der Waals surface area contributed by atoms with Crippen molar-refractivity contribution >= 4 is 5.71 Å². The highest BCUT2D eigenvalue weighted by atomic mass is 16.6. The molecule has 0 aliphatic heterocycles. The summed E-state index contributed by atoms with van der Waals surface area (Å²) < 4.78 is 0. The molecule has 2 rings (SSSR count). The molecule has 1 aromatic heterocycles. The van der Waals surface area contributed by atoms with Crippen molar-refractivity contribution in [3.05, 3.63) is 66.0 Å². The maximum Gasteiger partial charge on any atom is 0.106 e. The zero-order chi connectivity index (χ0) is 11.9. The van der Waals surface area contributed by atoms with Crippen LogP contribution in [0, 0.1) is 0 Å². The molecule has 0 atom stereocenters. The molecule has 2 aromatic rings. The van der Waals surface area contributed by atoms with E-state index in [0.717, 1.165) is 16.8 Å². The summed E-state index contributed by atoms with van der Waals surface area (Å²) in [4.78, 5) is 8.99. The molecule has 0 saturated carbocycles. The Morgan fingerprint density at radius 2 is 2.00 bits per heavy atom. The van der Waals surface area contributed by atoms with Gasteiger partial charge in [0.1, 0.15) is 7.11 Å². The Bertz CT molecular complexity index is 480. The third-order valence-electron chi connectivity index (χ3n) is 2.40. The first-order valence-corrected chi connectivity index (χ1v) is 5.44. The maximum absolute atomic E-state index is 4.90. The van der Waals surface area contributed by atoms with Crippen molar-refractivity contribution in [2.75, 3.05) is 7.11 Å². The third kappa shape index (κ3) is 3.14. The van der Waals surface area contributed by atoms with Crippen molar-refractivity contribution in [1.29, 1.82) is 0 Å². The molecule has 3 heteroatoms. The fourth-order valence-corrected chi connectivity index (χ4v) is 1.62. The van der Waals surface area contributed by atoms with Crippen molar-refractivity contribution in [3.8, 4) is 0 Å². The number of hydrogen-bond donors (Lipinski definition) is 0. The van der Waals surface area contributed by atoms with E-state index >= 15 is 0 Å². The molecule has 0 bridgehead atoms. The molecule has 0 saturated heterocycles. The van der Waals surface area contributed by atoms with Gasteiger partial charge < -0.3 is 4.84 Å². The van der Waals surface area contributed by atoms with Crippen LogP contribution in [0.4, 0.5) is 0 Å². The van der Waals surface area contributed by atoms with E-state index in [1.165, 1.54) is 0 Å². The second-order valence-electron chi connectivity index (χ2n) is 3.62. The lowest BCUT2D eigenvalue weighted by Gasteiger charge is -2.05. The fraction of sp³-hybridized carbons (Fsp3) is 0.143. The van der Waals surface area contributed by atoms with Gasteiger partial charge in [-0.15, -0.1) is 0 Å². The minimum absolute atomic E-state index is 0.714. The number of pyridine rings is 1. The average molecular weight is 226 g/mol. The first kappa shape index (κ1) is 11.3. The van der Waals surface area contributed by atoms with Gasteiger partial charge in [0.15, 0.2) is 0 Å². The molecule has 3 nitrogen and oxygen atoms in total. The van der Waals surface area contributed by atoms with Gasteiger partial charge in [-0.2, -0.15) is 0 Å². The van der Waals surface area contributed by atoms with Crippen molar-refractivity contribution in [2.45, 2.75) is 6.42 Å². The summed E-state index contributed by atoms with van der Waals surface area (Å²) in [6, 6.07) is 14.0. The van der Waals surface area contributed by atoms with Gasteiger partial charge in [-0.25, -0.2) is 0 Å². The Kier molecular flexibility index (Phi) is 3.86. The average Bonchev–Trinajstić information content (AvgIpc) is 2.40. The molecule has 0 radical (unpaired) electrons. The highest BCUT2D eigenvalue weighted by molar-refractivity contribution is 6.01. The highest BCUT2D eigenvalue weighted by Gasteiger charge is 2.05. The topological polar surface area (TPSA) is 34.5 Å². The van der Waals surface area contributed by atoms with E-state index in [-0.39, 0.29) is 0 Å². The fourth-order valence-electron chi connectivity index (χ4n) is 1.62. The lowest BCUT2D eigenvalue weighted by molar-refractivity contribution is 0.213. The Morgan fingerprint density at radius 1 is 1.18 bits per heavy atom. The number of hydrogen-bond acceptors (Lipinski definition) is 3. The molecular weight excluding hydrogens is 212 g/mol. The Labute approximate surface area is 101 Å². The Morgan fingerprint density at radius 3 is 2.65 bits per heavy atom. The van der Waals surface area contributed by atoms with E-state index < -0.39 is 0 Å².